The molecule has 0 spiro atoms. The minimum Gasteiger partial charge on any atom is -0.459 e. The molecule has 1 aliphatic carbocycles. The van der Waals surface area contributed by atoms with E-state index >= 15 is 0 Å². The third kappa shape index (κ3) is 4.85. The van der Waals surface area contributed by atoms with Gasteiger partial charge in [-0.2, -0.15) is 0 Å². The molecule has 2 aromatic rings. The number of carbonyl (C=O) groups excluding carboxylic acids is 1. The van der Waals surface area contributed by atoms with E-state index < -0.39 is 6.29 Å². The predicted octanol–water partition coefficient (Wildman–Crippen LogP) is 4.77. The van der Waals surface area contributed by atoms with Crippen LogP contribution in [0.4, 0.5) is 0 Å². The average molecular weight is 448 g/mol. The van der Waals surface area contributed by atoms with Crippen LogP contribution in [0.5, 0.6) is 0 Å². The van der Waals surface area contributed by atoms with Crippen LogP contribution in [-0.2, 0) is 20.7 Å². The zero-order chi connectivity index (χ0) is 22.6. The molecule has 1 saturated heterocycles. The number of hydrogen-bond donors (Lipinski definition) is 1. The van der Waals surface area contributed by atoms with Crippen molar-refractivity contribution in [3.8, 4) is 11.1 Å². The van der Waals surface area contributed by atoms with Crippen molar-refractivity contribution < 1.29 is 19.4 Å². The fraction of sp³-hybridized carbons (Fsp3) is 0.464. The predicted molar refractivity (Wildman–Crippen MR) is 128 cm³/mol. The second-order valence-corrected chi connectivity index (χ2v) is 9.33. The molecule has 2 atom stereocenters. The topological polar surface area (TPSA) is 59.0 Å². The van der Waals surface area contributed by atoms with Crippen molar-refractivity contribution in [1.29, 1.82) is 0 Å². The molecule has 1 amide bonds. The highest BCUT2D eigenvalue weighted by Gasteiger charge is 2.32. The van der Waals surface area contributed by atoms with Crippen LogP contribution >= 0.6 is 0 Å². The van der Waals surface area contributed by atoms with Crippen molar-refractivity contribution in [2.24, 2.45) is 0 Å². The maximum absolute atomic E-state index is 13.2. The normalized spacial score (nSPS) is 21.7. The molecule has 0 unspecified atom stereocenters. The van der Waals surface area contributed by atoms with Gasteiger partial charge in [0.25, 0.3) is 5.91 Å². The molecular weight excluding hydrogens is 414 g/mol. The first kappa shape index (κ1) is 22.2. The Hall–Kier alpha value is -2.63. The molecule has 0 saturated carbocycles. The van der Waals surface area contributed by atoms with E-state index in [0.717, 1.165) is 38.8 Å². The Bertz CT molecular complexity index is 1020. The van der Waals surface area contributed by atoms with Gasteiger partial charge in [-0.3, -0.25) is 4.79 Å². The number of likely N-dealkylation sites (tertiary alicyclic amines) is 1. The van der Waals surface area contributed by atoms with Crippen LogP contribution in [0.1, 0.15) is 61.1 Å². The Morgan fingerprint density at radius 2 is 1.85 bits per heavy atom. The quantitative estimate of drug-likeness (QED) is 0.530. The van der Waals surface area contributed by atoms with Gasteiger partial charge in [-0.25, -0.2) is 0 Å². The zero-order valence-corrected chi connectivity index (χ0v) is 19.2. The summed E-state index contributed by atoms with van der Waals surface area (Å²) in [6.07, 6.45) is 7.95. The molecule has 0 bridgehead atoms. The zero-order valence-electron chi connectivity index (χ0n) is 19.2. The number of piperidine rings is 1. The lowest BCUT2D eigenvalue weighted by Crippen LogP contribution is -2.39. The second-order valence-electron chi connectivity index (χ2n) is 9.33. The highest BCUT2D eigenvalue weighted by Crippen LogP contribution is 2.40. The first-order chi connectivity index (χ1) is 16.2. The van der Waals surface area contributed by atoms with Crippen molar-refractivity contribution >= 4 is 5.91 Å². The number of hydrogen-bond acceptors (Lipinski definition) is 4. The molecule has 33 heavy (non-hydrogen) atoms. The molecule has 1 fully saturated rings. The Morgan fingerprint density at radius 1 is 1.03 bits per heavy atom. The molecule has 3 aliphatic rings. The average Bonchev–Trinajstić information content (AvgIpc) is 3.24. The SMILES string of the molecule is O=C(C1=C[C@H](c2ccc3c(c2)Cc2ccccc2-3)C[C@H](OCCCCO)O1)N1CCCCC1. The fourth-order valence-electron chi connectivity index (χ4n) is 5.22. The van der Waals surface area contributed by atoms with Crippen molar-refractivity contribution in [3.63, 3.8) is 0 Å². The molecule has 174 valence electrons. The van der Waals surface area contributed by atoms with E-state index in [9.17, 15) is 4.79 Å². The van der Waals surface area contributed by atoms with Crippen molar-refractivity contribution in [2.75, 3.05) is 26.3 Å². The molecule has 5 heteroatoms. The fourth-order valence-corrected chi connectivity index (χ4v) is 5.22. The molecule has 2 aliphatic heterocycles. The summed E-state index contributed by atoms with van der Waals surface area (Å²) in [5, 5.41) is 9.05. The van der Waals surface area contributed by atoms with Gasteiger partial charge in [0.05, 0.1) is 6.61 Å². The lowest BCUT2D eigenvalue weighted by atomic mass is 9.90. The van der Waals surface area contributed by atoms with Crippen LogP contribution in [0.15, 0.2) is 54.3 Å². The van der Waals surface area contributed by atoms with E-state index in [0.29, 0.717) is 25.2 Å². The third-order valence-corrected chi connectivity index (χ3v) is 7.01. The monoisotopic (exact) mass is 447 g/mol. The summed E-state index contributed by atoms with van der Waals surface area (Å²) in [6, 6.07) is 15.3. The summed E-state index contributed by atoms with van der Waals surface area (Å²) in [5.41, 5.74) is 6.56. The van der Waals surface area contributed by atoms with Crippen LogP contribution in [-0.4, -0.2) is 48.5 Å². The number of aliphatic hydroxyl groups is 1. The van der Waals surface area contributed by atoms with E-state index in [4.69, 9.17) is 14.6 Å². The largest absolute Gasteiger partial charge is 0.459 e. The van der Waals surface area contributed by atoms with E-state index in [1.807, 2.05) is 11.0 Å². The Labute approximate surface area is 196 Å². The minimum atomic E-state index is -0.451. The standard InChI is InChI=1S/C28H33NO4/c30-14-6-7-15-32-27-19-22(18-26(33-27)28(31)29-12-4-1-5-13-29)20-10-11-25-23(16-20)17-21-8-2-3-9-24(21)25/h2-3,8-11,16,18,22,27,30H,1,4-7,12-15,17,19H2/t22-,27+/m0/s1. The number of benzene rings is 2. The van der Waals surface area contributed by atoms with Gasteiger partial charge in [0.1, 0.15) is 0 Å². The van der Waals surface area contributed by atoms with Gasteiger partial charge < -0.3 is 19.5 Å². The highest BCUT2D eigenvalue weighted by molar-refractivity contribution is 5.92. The first-order valence-electron chi connectivity index (χ1n) is 12.3. The molecule has 0 aromatic heterocycles. The van der Waals surface area contributed by atoms with E-state index in [-0.39, 0.29) is 18.4 Å². The van der Waals surface area contributed by atoms with E-state index in [1.54, 1.807) is 0 Å². The number of ether oxygens (including phenoxy) is 2. The second kappa shape index (κ2) is 10.1. The number of amides is 1. The number of fused-ring (bicyclic) bond motifs is 3. The highest BCUT2D eigenvalue weighted by atomic mass is 16.7. The van der Waals surface area contributed by atoms with Crippen LogP contribution in [0, 0.1) is 0 Å². The van der Waals surface area contributed by atoms with E-state index in [2.05, 4.69) is 42.5 Å². The maximum Gasteiger partial charge on any atom is 0.288 e. The Morgan fingerprint density at radius 3 is 2.70 bits per heavy atom. The van der Waals surface area contributed by atoms with Gasteiger partial charge in [-0.15, -0.1) is 0 Å². The van der Waals surface area contributed by atoms with E-state index in [1.165, 1.54) is 34.2 Å². The molecule has 5 nitrogen and oxygen atoms in total. The van der Waals surface area contributed by atoms with Crippen LogP contribution < -0.4 is 0 Å². The summed E-state index contributed by atoms with van der Waals surface area (Å²) in [5.74, 6) is 0.473. The lowest BCUT2D eigenvalue weighted by molar-refractivity contribution is -0.153. The summed E-state index contributed by atoms with van der Waals surface area (Å²) in [6.45, 7) is 2.27. The van der Waals surface area contributed by atoms with Crippen molar-refractivity contribution in [3.05, 3.63) is 71.0 Å². The van der Waals surface area contributed by atoms with Gasteiger partial charge in [-0.1, -0.05) is 42.5 Å². The number of allylic oxidation sites excluding steroid dienone is 1. The number of rotatable bonds is 7. The molecule has 0 radical (unpaired) electrons. The van der Waals surface area contributed by atoms with Crippen LogP contribution in [0.2, 0.25) is 0 Å². The molecule has 1 N–H and O–H groups in total. The number of carbonyl (C=O) groups is 1. The molecule has 2 heterocycles. The Kier molecular flexibility index (Phi) is 6.79. The molecule has 5 rings (SSSR count). The molecular formula is C28H33NO4. The Balaban J connectivity index is 1.38. The van der Waals surface area contributed by atoms with Gasteiger partial charge in [0, 0.05) is 32.0 Å². The summed E-state index contributed by atoms with van der Waals surface area (Å²) < 4.78 is 12.1. The van der Waals surface area contributed by atoms with Crippen LogP contribution in [0.3, 0.4) is 0 Å². The van der Waals surface area contributed by atoms with Gasteiger partial charge in [0.2, 0.25) is 6.29 Å². The molecule has 2 aromatic carbocycles. The lowest BCUT2D eigenvalue weighted by Gasteiger charge is -2.33. The maximum atomic E-state index is 13.2. The van der Waals surface area contributed by atoms with Gasteiger partial charge in [-0.05, 0) is 72.4 Å². The summed E-state index contributed by atoms with van der Waals surface area (Å²) in [7, 11) is 0. The summed E-state index contributed by atoms with van der Waals surface area (Å²) >= 11 is 0. The van der Waals surface area contributed by atoms with Crippen LogP contribution in [0.25, 0.3) is 11.1 Å². The minimum absolute atomic E-state index is 0.0167. The smallest absolute Gasteiger partial charge is 0.288 e. The summed E-state index contributed by atoms with van der Waals surface area (Å²) in [4.78, 5) is 15.1. The van der Waals surface area contributed by atoms with Gasteiger partial charge >= 0.3 is 0 Å². The number of unbranched alkanes of at least 4 members (excludes halogenated alkanes) is 1. The first-order valence-corrected chi connectivity index (χ1v) is 12.3. The van der Waals surface area contributed by atoms with Gasteiger partial charge in [0.15, 0.2) is 5.76 Å². The third-order valence-electron chi connectivity index (χ3n) is 7.01. The number of aliphatic hydroxyl groups excluding tert-OH is 1. The number of nitrogens with zero attached hydrogens (tertiary/aromatic N) is 1. The van der Waals surface area contributed by atoms with Crippen molar-refractivity contribution in [1.82, 2.24) is 4.90 Å². The van der Waals surface area contributed by atoms with Crippen molar-refractivity contribution in [2.45, 2.75) is 57.2 Å².